The molecule has 2 aromatic carbocycles. The van der Waals surface area contributed by atoms with Crippen LogP contribution in [0.1, 0.15) is 36.7 Å². The summed E-state index contributed by atoms with van der Waals surface area (Å²) in [7, 11) is 1.55. The van der Waals surface area contributed by atoms with Gasteiger partial charge in [-0.2, -0.15) is 5.10 Å². The third-order valence-corrected chi connectivity index (χ3v) is 4.56. The molecule has 0 aromatic heterocycles. The van der Waals surface area contributed by atoms with Crippen LogP contribution in [-0.2, 0) is 4.79 Å². The molecule has 1 atom stereocenters. The topological polar surface area (TPSA) is 89.0 Å². The number of nitrogens with zero attached hydrogens (tertiary/aromatic N) is 1. The smallest absolute Gasteiger partial charge is 0.262 e. The van der Waals surface area contributed by atoms with Crippen LogP contribution in [0.15, 0.2) is 47.6 Å². The number of methoxy groups -OCH3 is 1. The van der Waals surface area contributed by atoms with E-state index >= 15 is 0 Å². The number of hydrogen-bond donors (Lipinski definition) is 2. The van der Waals surface area contributed by atoms with Crippen LogP contribution < -0.4 is 20.2 Å². The highest BCUT2D eigenvalue weighted by Crippen LogP contribution is 2.27. The Hall–Kier alpha value is -3.06. The largest absolute Gasteiger partial charge is 0.493 e. The van der Waals surface area contributed by atoms with Crippen LogP contribution in [0, 0.1) is 5.92 Å². The number of benzene rings is 2. The second kappa shape index (κ2) is 11.2. The van der Waals surface area contributed by atoms with Crippen LogP contribution in [0.5, 0.6) is 11.5 Å². The van der Waals surface area contributed by atoms with Crippen LogP contribution in [-0.4, -0.2) is 37.8 Å². The van der Waals surface area contributed by atoms with Crippen molar-refractivity contribution in [3.63, 3.8) is 0 Å². The molecule has 0 fully saturated rings. The Morgan fingerprint density at radius 1 is 1.17 bits per heavy atom. The first-order valence-electron chi connectivity index (χ1n) is 9.56. The number of carbonyl (C=O) groups is 2. The molecule has 2 aromatic rings. The zero-order chi connectivity index (χ0) is 22.1. The number of rotatable bonds is 9. The molecule has 0 saturated carbocycles. The fourth-order valence-electron chi connectivity index (χ4n) is 2.68. The summed E-state index contributed by atoms with van der Waals surface area (Å²) in [5.41, 5.74) is 3.50. The van der Waals surface area contributed by atoms with Crippen LogP contribution >= 0.6 is 11.6 Å². The second-order valence-electron chi connectivity index (χ2n) is 6.75. The maximum Gasteiger partial charge on any atom is 0.262 e. The molecule has 0 spiro atoms. The van der Waals surface area contributed by atoms with E-state index in [4.69, 9.17) is 21.1 Å². The monoisotopic (exact) mass is 431 g/mol. The molecule has 0 aliphatic carbocycles. The van der Waals surface area contributed by atoms with Gasteiger partial charge in [0.1, 0.15) is 6.04 Å². The van der Waals surface area contributed by atoms with Gasteiger partial charge < -0.3 is 14.8 Å². The molecule has 2 amide bonds. The van der Waals surface area contributed by atoms with E-state index in [1.165, 1.54) is 6.21 Å². The van der Waals surface area contributed by atoms with E-state index < -0.39 is 17.9 Å². The molecule has 0 bridgehead atoms. The molecule has 8 heteroatoms. The maximum absolute atomic E-state index is 12.6. The molecular weight excluding hydrogens is 406 g/mol. The van der Waals surface area contributed by atoms with Gasteiger partial charge in [-0.15, -0.1) is 0 Å². The molecule has 0 aliphatic rings. The lowest BCUT2D eigenvalue weighted by atomic mass is 10.0. The minimum Gasteiger partial charge on any atom is -0.493 e. The van der Waals surface area contributed by atoms with Gasteiger partial charge in [0.25, 0.3) is 11.8 Å². The van der Waals surface area contributed by atoms with Crippen molar-refractivity contribution in [1.82, 2.24) is 10.7 Å². The molecule has 0 aliphatic heterocycles. The number of amides is 2. The molecule has 0 saturated heterocycles. The number of ether oxygens (including phenoxy) is 2. The van der Waals surface area contributed by atoms with E-state index in [-0.39, 0.29) is 5.92 Å². The highest BCUT2D eigenvalue weighted by molar-refractivity contribution is 6.33. The van der Waals surface area contributed by atoms with E-state index in [9.17, 15) is 9.59 Å². The molecular formula is C22H26ClN3O4. The second-order valence-corrected chi connectivity index (χ2v) is 7.16. The maximum atomic E-state index is 12.6. The van der Waals surface area contributed by atoms with Gasteiger partial charge in [-0.05, 0) is 48.7 Å². The Balaban J connectivity index is 2.05. The number of halogens is 1. The first-order valence-corrected chi connectivity index (χ1v) is 9.94. The molecule has 7 nitrogen and oxygen atoms in total. The fourth-order valence-corrected chi connectivity index (χ4v) is 2.90. The lowest BCUT2D eigenvalue weighted by Gasteiger charge is -2.20. The van der Waals surface area contributed by atoms with Crippen LogP contribution in [0.25, 0.3) is 0 Å². The predicted octanol–water partition coefficient (Wildman–Crippen LogP) is 3.65. The first kappa shape index (κ1) is 23.2. The Labute approximate surface area is 181 Å². The summed E-state index contributed by atoms with van der Waals surface area (Å²) in [6.07, 6.45) is 1.49. The Bertz CT molecular complexity index is 915. The van der Waals surface area contributed by atoms with Crippen molar-refractivity contribution in [3.8, 4) is 11.5 Å². The predicted molar refractivity (Wildman–Crippen MR) is 117 cm³/mol. The van der Waals surface area contributed by atoms with Gasteiger partial charge in [-0.1, -0.05) is 37.6 Å². The zero-order valence-corrected chi connectivity index (χ0v) is 18.2. The number of hydrazone groups is 1. The van der Waals surface area contributed by atoms with Crippen molar-refractivity contribution in [2.45, 2.75) is 26.8 Å². The number of hydrogen-bond acceptors (Lipinski definition) is 5. The van der Waals surface area contributed by atoms with Crippen molar-refractivity contribution in [2.24, 2.45) is 11.0 Å². The Morgan fingerprint density at radius 2 is 1.90 bits per heavy atom. The van der Waals surface area contributed by atoms with Crippen molar-refractivity contribution in [2.75, 3.05) is 13.7 Å². The molecule has 2 rings (SSSR count). The fraction of sp³-hybridized carbons (Fsp3) is 0.318. The normalized spacial score (nSPS) is 11.9. The van der Waals surface area contributed by atoms with Gasteiger partial charge in [0.05, 0.1) is 30.5 Å². The summed E-state index contributed by atoms with van der Waals surface area (Å²) in [5, 5.41) is 7.03. The van der Waals surface area contributed by atoms with Gasteiger partial charge in [0.15, 0.2) is 11.5 Å². The van der Waals surface area contributed by atoms with Crippen molar-refractivity contribution >= 4 is 29.6 Å². The third kappa shape index (κ3) is 6.22. The average molecular weight is 432 g/mol. The van der Waals surface area contributed by atoms with Gasteiger partial charge in [-0.25, -0.2) is 5.43 Å². The summed E-state index contributed by atoms with van der Waals surface area (Å²) in [5.74, 6) is 0.189. The Kier molecular flexibility index (Phi) is 8.68. The van der Waals surface area contributed by atoms with Crippen molar-refractivity contribution in [1.29, 1.82) is 0 Å². The minimum atomic E-state index is -0.777. The Morgan fingerprint density at radius 3 is 2.53 bits per heavy atom. The van der Waals surface area contributed by atoms with E-state index in [0.717, 1.165) is 5.56 Å². The molecule has 0 heterocycles. The van der Waals surface area contributed by atoms with E-state index in [0.29, 0.717) is 28.7 Å². The molecule has 30 heavy (non-hydrogen) atoms. The summed E-state index contributed by atoms with van der Waals surface area (Å²) < 4.78 is 10.8. The van der Waals surface area contributed by atoms with E-state index in [2.05, 4.69) is 15.8 Å². The number of carbonyl (C=O) groups excluding carboxylic acids is 2. The van der Waals surface area contributed by atoms with Crippen LogP contribution in [0.3, 0.4) is 0 Å². The highest BCUT2D eigenvalue weighted by atomic mass is 35.5. The highest BCUT2D eigenvalue weighted by Gasteiger charge is 2.25. The van der Waals surface area contributed by atoms with Crippen molar-refractivity contribution in [3.05, 3.63) is 58.6 Å². The molecule has 1 unspecified atom stereocenters. The van der Waals surface area contributed by atoms with Gasteiger partial charge in [0.2, 0.25) is 0 Å². The molecule has 160 valence electrons. The summed E-state index contributed by atoms with van der Waals surface area (Å²) in [4.78, 5) is 25.1. The van der Waals surface area contributed by atoms with Gasteiger partial charge in [-0.3, -0.25) is 9.59 Å². The summed E-state index contributed by atoms with van der Waals surface area (Å²) in [6, 6.07) is 11.2. The van der Waals surface area contributed by atoms with Gasteiger partial charge in [0, 0.05) is 0 Å². The van der Waals surface area contributed by atoms with E-state index in [1.54, 1.807) is 49.6 Å². The quantitative estimate of drug-likeness (QED) is 0.468. The molecule has 2 N–H and O–H groups in total. The minimum absolute atomic E-state index is 0.155. The van der Waals surface area contributed by atoms with Gasteiger partial charge >= 0.3 is 0 Å². The standard InChI is InChI=1S/C22H26ClN3O4/c1-5-30-18-11-10-15(12-19(18)29-4)13-24-26-22(28)20(14(2)3)25-21(27)16-8-6-7-9-17(16)23/h6-14,20H,5H2,1-4H3,(H,25,27)(H,26,28)/b24-13-. The van der Waals surface area contributed by atoms with Crippen LogP contribution in [0.2, 0.25) is 5.02 Å². The van der Waals surface area contributed by atoms with E-state index in [1.807, 2.05) is 20.8 Å². The number of nitrogens with one attached hydrogen (secondary N) is 2. The lowest BCUT2D eigenvalue weighted by Crippen LogP contribution is -2.48. The zero-order valence-electron chi connectivity index (χ0n) is 17.4. The molecule has 0 radical (unpaired) electrons. The average Bonchev–Trinajstić information content (AvgIpc) is 2.72. The summed E-state index contributed by atoms with van der Waals surface area (Å²) in [6.45, 7) is 6.08. The van der Waals surface area contributed by atoms with Crippen molar-refractivity contribution < 1.29 is 19.1 Å². The third-order valence-electron chi connectivity index (χ3n) is 4.23. The lowest BCUT2D eigenvalue weighted by molar-refractivity contribution is -0.123. The summed E-state index contributed by atoms with van der Waals surface area (Å²) >= 11 is 6.06. The van der Waals surface area contributed by atoms with Crippen LogP contribution in [0.4, 0.5) is 0 Å². The SMILES string of the molecule is CCOc1ccc(/C=N\NC(=O)C(NC(=O)c2ccccc2Cl)C(C)C)cc1OC. The first-order chi connectivity index (χ1) is 14.4.